The number of benzene rings is 1. The van der Waals surface area contributed by atoms with E-state index in [0.717, 1.165) is 6.42 Å². The lowest BCUT2D eigenvalue weighted by molar-refractivity contribution is 0.0555. The minimum atomic E-state index is -3.72. The second-order valence-corrected chi connectivity index (χ2v) is 8.49. The Kier molecular flexibility index (Phi) is 5.86. The summed E-state index contributed by atoms with van der Waals surface area (Å²) in [5.74, 6) is -0.272. The van der Waals surface area contributed by atoms with E-state index >= 15 is 0 Å². The van der Waals surface area contributed by atoms with Crippen LogP contribution in [0.3, 0.4) is 0 Å². The first kappa shape index (κ1) is 18.7. The number of esters is 1. The maximum atomic E-state index is 12.9. The molecule has 1 heterocycles. The van der Waals surface area contributed by atoms with Crippen LogP contribution in [-0.4, -0.2) is 38.4 Å². The summed E-state index contributed by atoms with van der Waals surface area (Å²) in [7, 11) is -3.72. The van der Waals surface area contributed by atoms with Gasteiger partial charge in [0.15, 0.2) is 6.61 Å². The van der Waals surface area contributed by atoms with Crippen LogP contribution in [-0.2, 0) is 14.8 Å². The third kappa shape index (κ3) is 4.07. The fourth-order valence-electron chi connectivity index (χ4n) is 2.95. The average Bonchev–Trinajstić information content (AvgIpc) is 2.51. The van der Waals surface area contributed by atoms with Crippen LogP contribution in [0.4, 0.5) is 0 Å². The molecule has 1 aromatic carbocycles. The van der Waals surface area contributed by atoms with Gasteiger partial charge in [0.25, 0.3) is 0 Å². The van der Waals surface area contributed by atoms with Gasteiger partial charge in [0.2, 0.25) is 10.0 Å². The molecule has 0 spiro atoms. The number of carbonyl (C=O) groups excluding carboxylic acids is 1. The molecule has 0 aromatic heterocycles. The molecule has 0 bridgehead atoms. The summed E-state index contributed by atoms with van der Waals surface area (Å²) >= 11 is 5.96. The van der Waals surface area contributed by atoms with Crippen LogP contribution in [0, 0.1) is 23.2 Å². The lowest BCUT2D eigenvalue weighted by Crippen LogP contribution is -2.42. The highest BCUT2D eigenvalue weighted by molar-refractivity contribution is 7.89. The van der Waals surface area contributed by atoms with E-state index in [1.54, 1.807) is 6.07 Å². The third-order valence-electron chi connectivity index (χ3n) is 3.90. The van der Waals surface area contributed by atoms with Gasteiger partial charge < -0.3 is 4.74 Å². The number of halogens is 1. The summed E-state index contributed by atoms with van der Waals surface area (Å²) in [6.07, 6.45) is 0.984. The van der Waals surface area contributed by atoms with Gasteiger partial charge in [-0.25, -0.2) is 13.2 Å². The van der Waals surface area contributed by atoms with E-state index in [4.69, 9.17) is 21.6 Å². The number of sulfonamides is 1. The van der Waals surface area contributed by atoms with Crippen molar-refractivity contribution in [3.63, 3.8) is 0 Å². The molecule has 0 N–H and O–H groups in total. The van der Waals surface area contributed by atoms with E-state index in [2.05, 4.69) is 0 Å². The minimum Gasteiger partial charge on any atom is -0.447 e. The van der Waals surface area contributed by atoms with Gasteiger partial charge in [-0.15, -0.1) is 0 Å². The number of hydrogen-bond donors (Lipinski definition) is 0. The standard InChI is InChI=1S/C16H19ClN2O4S/c1-11-7-12(2)10-19(9-11)24(21,22)13-3-4-15(17)14(8-13)16(20)23-6-5-18/h3-4,8,11-12H,6-7,9-10H2,1-2H3/t11-,12-/m1/s1. The topological polar surface area (TPSA) is 87.5 Å². The van der Waals surface area contributed by atoms with Crippen molar-refractivity contribution in [2.24, 2.45) is 11.8 Å². The highest BCUT2D eigenvalue weighted by Crippen LogP contribution is 2.28. The average molecular weight is 371 g/mol. The van der Waals surface area contributed by atoms with Crippen LogP contribution >= 0.6 is 11.6 Å². The van der Waals surface area contributed by atoms with Crippen LogP contribution < -0.4 is 0 Å². The van der Waals surface area contributed by atoms with Crippen molar-refractivity contribution in [3.05, 3.63) is 28.8 Å². The van der Waals surface area contributed by atoms with Crippen LogP contribution in [0.15, 0.2) is 23.1 Å². The summed E-state index contributed by atoms with van der Waals surface area (Å²) < 4.78 is 31.9. The van der Waals surface area contributed by atoms with Gasteiger partial charge in [0, 0.05) is 13.1 Å². The highest BCUT2D eigenvalue weighted by Gasteiger charge is 2.32. The van der Waals surface area contributed by atoms with Crippen LogP contribution in [0.25, 0.3) is 0 Å². The molecular weight excluding hydrogens is 352 g/mol. The molecule has 130 valence electrons. The second-order valence-electron chi connectivity index (χ2n) is 6.14. The SMILES string of the molecule is C[C@@H]1C[C@@H](C)CN(S(=O)(=O)c2ccc(Cl)c(C(=O)OCC#N)c2)C1. The van der Waals surface area contributed by atoms with Crippen LogP contribution in [0.2, 0.25) is 5.02 Å². The summed E-state index contributed by atoms with van der Waals surface area (Å²) in [4.78, 5) is 11.9. The molecule has 0 amide bonds. The van der Waals surface area contributed by atoms with Gasteiger partial charge in [0.1, 0.15) is 6.07 Å². The molecule has 0 radical (unpaired) electrons. The number of carbonyl (C=O) groups is 1. The molecule has 0 unspecified atom stereocenters. The quantitative estimate of drug-likeness (QED) is 0.760. The van der Waals surface area contributed by atoms with Crippen molar-refractivity contribution in [3.8, 4) is 6.07 Å². The minimum absolute atomic E-state index is 0.00268. The Balaban J connectivity index is 2.34. The van der Waals surface area contributed by atoms with Gasteiger partial charge in [-0.2, -0.15) is 9.57 Å². The van der Waals surface area contributed by atoms with Crippen molar-refractivity contribution >= 4 is 27.6 Å². The number of rotatable bonds is 4. The maximum Gasteiger partial charge on any atom is 0.340 e. The highest BCUT2D eigenvalue weighted by atomic mass is 35.5. The largest absolute Gasteiger partial charge is 0.447 e. The predicted octanol–water partition coefficient (Wildman–Crippen LogP) is 2.69. The van der Waals surface area contributed by atoms with E-state index in [0.29, 0.717) is 13.1 Å². The predicted molar refractivity (Wildman–Crippen MR) is 89.1 cm³/mol. The maximum absolute atomic E-state index is 12.9. The second kappa shape index (κ2) is 7.51. The normalized spacial score (nSPS) is 21.9. The lowest BCUT2D eigenvalue weighted by atomic mass is 9.94. The summed E-state index contributed by atoms with van der Waals surface area (Å²) in [5.41, 5.74) is -0.0638. The van der Waals surface area contributed by atoms with Gasteiger partial charge in [-0.1, -0.05) is 25.4 Å². The molecule has 24 heavy (non-hydrogen) atoms. The molecule has 8 heteroatoms. The molecule has 0 aliphatic carbocycles. The Morgan fingerprint density at radius 3 is 2.58 bits per heavy atom. The molecule has 1 aliphatic rings. The van der Waals surface area contributed by atoms with E-state index < -0.39 is 22.6 Å². The molecular formula is C16H19ClN2O4S. The van der Waals surface area contributed by atoms with Crippen molar-refractivity contribution in [1.82, 2.24) is 4.31 Å². The Hall–Kier alpha value is -1.62. The lowest BCUT2D eigenvalue weighted by Gasteiger charge is -2.34. The van der Waals surface area contributed by atoms with E-state index in [1.165, 1.54) is 22.5 Å². The van der Waals surface area contributed by atoms with Crippen LogP contribution in [0.5, 0.6) is 0 Å². The van der Waals surface area contributed by atoms with Crippen molar-refractivity contribution in [2.45, 2.75) is 25.2 Å². The Morgan fingerprint density at radius 2 is 2.00 bits per heavy atom. The Labute approximate surface area is 147 Å². The fraction of sp³-hybridized carbons (Fsp3) is 0.500. The van der Waals surface area contributed by atoms with Crippen molar-refractivity contribution < 1.29 is 17.9 Å². The zero-order chi connectivity index (χ0) is 17.9. The molecule has 0 saturated carbocycles. The number of nitrogens with zero attached hydrogens (tertiary/aromatic N) is 2. The first-order valence-corrected chi connectivity index (χ1v) is 9.41. The molecule has 6 nitrogen and oxygen atoms in total. The van der Waals surface area contributed by atoms with Gasteiger partial charge in [-0.05, 0) is 36.5 Å². The van der Waals surface area contributed by atoms with Crippen LogP contribution in [0.1, 0.15) is 30.6 Å². The van der Waals surface area contributed by atoms with Gasteiger partial charge >= 0.3 is 5.97 Å². The van der Waals surface area contributed by atoms with Crippen molar-refractivity contribution in [1.29, 1.82) is 5.26 Å². The Bertz CT molecular complexity index is 763. The molecule has 1 saturated heterocycles. The monoisotopic (exact) mass is 370 g/mol. The van der Waals surface area contributed by atoms with Gasteiger partial charge in [0.05, 0.1) is 15.5 Å². The zero-order valence-electron chi connectivity index (χ0n) is 13.5. The van der Waals surface area contributed by atoms with E-state index in [9.17, 15) is 13.2 Å². The van der Waals surface area contributed by atoms with E-state index in [1.807, 2.05) is 13.8 Å². The molecule has 1 fully saturated rings. The van der Waals surface area contributed by atoms with E-state index in [-0.39, 0.29) is 27.3 Å². The van der Waals surface area contributed by atoms with Gasteiger partial charge in [-0.3, -0.25) is 0 Å². The smallest absolute Gasteiger partial charge is 0.340 e. The third-order valence-corrected chi connectivity index (χ3v) is 6.06. The first-order chi connectivity index (χ1) is 11.3. The molecule has 2 rings (SSSR count). The number of nitriles is 1. The first-order valence-electron chi connectivity index (χ1n) is 7.59. The summed E-state index contributed by atoms with van der Waals surface area (Å²) in [6, 6.07) is 5.62. The van der Waals surface area contributed by atoms with Crippen molar-refractivity contribution in [2.75, 3.05) is 19.7 Å². The molecule has 1 aromatic rings. The fourth-order valence-corrected chi connectivity index (χ4v) is 4.85. The number of piperidine rings is 1. The molecule has 2 atom stereocenters. The number of ether oxygens (including phenoxy) is 1. The molecule has 1 aliphatic heterocycles. The zero-order valence-corrected chi connectivity index (χ0v) is 15.1. The summed E-state index contributed by atoms with van der Waals surface area (Å²) in [6.45, 7) is 4.51. The Morgan fingerprint density at radius 1 is 1.38 bits per heavy atom. The number of hydrogen-bond acceptors (Lipinski definition) is 5. The summed E-state index contributed by atoms with van der Waals surface area (Å²) in [5, 5.41) is 8.55.